The number of nitrogens with zero attached hydrogens (tertiary/aromatic N) is 2. The summed E-state index contributed by atoms with van der Waals surface area (Å²) in [4.78, 5) is 30.2. The van der Waals surface area contributed by atoms with Crippen LogP contribution in [0.25, 0.3) is 0 Å². The van der Waals surface area contributed by atoms with E-state index in [0.717, 1.165) is 38.3 Å². The zero-order chi connectivity index (χ0) is 22.3. The summed E-state index contributed by atoms with van der Waals surface area (Å²) < 4.78 is 5.23. The minimum absolute atomic E-state index is 0.0347. The van der Waals surface area contributed by atoms with Crippen LogP contribution in [0.4, 0.5) is 5.69 Å². The highest BCUT2D eigenvalue weighted by molar-refractivity contribution is 7.12. The average molecular weight is 450 g/mol. The molecule has 1 saturated heterocycles. The van der Waals surface area contributed by atoms with Crippen LogP contribution in [0.3, 0.4) is 0 Å². The molecule has 1 aliphatic heterocycles. The molecule has 0 unspecified atom stereocenters. The number of anilines is 1. The second-order valence-corrected chi connectivity index (χ2v) is 8.73. The van der Waals surface area contributed by atoms with Gasteiger partial charge in [0.2, 0.25) is 0 Å². The van der Waals surface area contributed by atoms with Crippen molar-refractivity contribution in [3.63, 3.8) is 0 Å². The van der Waals surface area contributed by atoms with Crippen LogP contribution >= 0.6 is 11.3 Å². The summed E-state index contributed by atoms with van der Waals surface area (Å²) in [5, 5.41) is 4.74. The number of amides is 2. The third-order valence-electron chi connectivity index (χ3n) is 5.58. The maximum Gasteiger partial charge on any atom is 0.265 e. The van der Waals surface area contributed by atoms with E-state index in [4.69, 9.17) is 4.74 Å². The van der Waals surface area contributed by atoms with Gasteiger partial charge in [0.15, 0.2) is 0 Å². The zero-order valence-corrected chi connectivity index (χ0v) is 18.9. The van der Waals surface area contributed by atoms with Crippen molar-refractivity contribution in [3.8, 4) is 5.75 Å². The summed E-state index contributed by atoms with van der Waals surface area (Å²) in [6, 6.07) is 18.9. The van der Waals surface area contributed by atoms with Crippen LogP contribution in [0.15, 0.2) is 66.0 Å². The summed E-state index contributed by atoms with van der Waals surface area (Å²) >= 11 is 1.40. The molecule has 1 fully saturated rings. The zero-order valence-electron chi connectivity index (χ0n) is 18.1. The highest BCUT2D eigenvalue weighted by Crippen LogP contribution is 2.17. The molecule has 1 N–H and O–H groups in total. The first kappa shape index (κ1) is 22.0. The third kappa shape index (κ3) is 5.55. The molecule has 1 aromatic heterocycles. The van der Waals surface area contributed by atoms with Crippen molar-refractivity contribution in [1.82, 2.24) is 9.80 Å². The molecule has 0 saturated carbocycles. The summed E-state index contributed by atoms with van der Waals surface area (Å²) in [6.45, 7) is 4.11. The van der Waals surface area contributed by atoms with Crippen LogP contribution in [0, 0.1) is 0 Å². The number of carbonyl (C=O) groups is 2. The summed E-state index contributed by atoms with van der Waals surface area (Å²) in [6.07, 6.45) is 0.941. The highest BCUT2D eigenvalue weighted by atomic mass is 32.1. The minimum atomic E-state index is -0.136. The number of rotatable bonds is 6. The fourth-order valence-electron chi connectivity index (χ4n) is 3.80. The molecule has 0 radical (unpaired) electrons. The number of ether oxygens (including phenoxy) is 1. The van der Waals surface area contributed by atoms with Crippen molar-refractivity contribution >= 4 is 28.8 Å². The molecule has 4 rings (SSSR count). The predicted molar refractivity (Wildman–Crippen MR) is 128 cm³/mol. The van der Waals surface area contributed by atoms with Crippen LogP contribution in [-0.4, -0.2) is 54.9 Å². The summed E-state index contributed by atoms with van der Waals surface area (Å²) in [7, 11) is 1.67. The van der Waals surface area contributed by atoms with E-state index in [1.807, 2.05) is 28.5 Å². The minimum Gasteiger partial charge on any atom is -0.497 e. The molecule has 3 aromatic rings. The first-order valence-corrected chi connectivity index (χ1v) is 11.6. The molecule has 1 aliphatic rings. The fourth-order valence-corrected chi connectivity index (χ4v) is 4.42. The topological polar surface area (TPSA) is 61.9 Å². The first-order valence-electron chi connectivity index (χ1n) is 10.7. The van der Waals surface area contributed by atoms with Gasteiger partial charge in [-0.3, -0.25) is 14.5 Å². The van der Waals surface area contributed by atoms with Crippen LogP contribution in [0.1, 0.15) is 32.0 Å². The molecule has 2 amide bonds. The van der Waals surface area contributed by atoms with Gasteiger partial charge in [0.1, 0.15) is 5.75 Å². The number of methoxy groups -OCH3 is 1. The quantitative estimate of drug-likeness (QED) is 0.608. The van der Waals surface area contributed by atoms with Crippen LogP contribution in [0.5, 0.6) is 5.75 Å². The van der Waals surface area contributed by atoms with Gasteiger partial charge in [-0.1, -0.05) is 18.2 Å². The van der Waals surface area contributed by atoms with Crippen molar-refractivity contribution in [2.45, 2.75) is 13.0 Å². The molecule has 2 aromatic carbocycles. The lowest BCUT2D eigenvalue weighted by Gasteiger charge is -2.22. The molecule has 2 heterocycles. The van der Waals surface area contributed by atoms with Crippen molar-refractivity contribution in [2.75, 3.05) is 38.6 Å². The van der Waals surface area contributed by atoms with E-state index < -0.39 is 0 Å². The van der Waals surface area contributed by atoms with Gasteiger partial charge in [0.05, 0.1) is 12.0 Å². The van der Waals surface area contributed by atoms with Crippen LogP contribution < -0.4 is 10.1 Å². The van der Waals surface area contributed by atoms with E-state index in [-0.39, 0.29) is 11.8 Å². The molecule has 0 atom stereocenters. The Bertz CT molecular complexity index is 1030. The fraction of sp³-hybridized carbons (Fsp3) is 0.280. The van der Waals surface area contributed by atoms with E-state index >= 15 is 0 Å². The van der Waals surface area contributed by atoms with E-state index in [2.05, 4.69) is 22.3 Å². The van der Waals surface area contributed by atoms with Crippen LogP contribution in [-0.2, 0) is 6.54 Å². The maximum atomic E-state index is 13.0. The lowest BCUT2D eigenvalue weighted by Crippen LogP contribution is -2.35. The van der Waals surface area contributed by atoms with E-state index in [0.29, 0.717) is 22.7 Å². The second kappa shape index (κ2) is 10.4. The van der Waals surface area contributed by atoms with Crippen LogP contribution in [0.2, 0.25) is 0 Å². The maximum absolute atomic E-state index is 13.0. The van der Waals surface area contributed by atoms with Gasteiger partial charge in [-0.25, -0.2) is 0 Å². The van der Waals surface area contributed by atoms with Gasteiger partial charge in [-0.05, 0) is 59.8 Å². The number of hydrogen-bond donors (Lipinski definition) is 1. The van der Waals surface area contributed by atoms with Gasteiger partial charge < -0.3 is 15.0 Å². The number of nitrogens with one attached hydrogen (secondary N) is 1. The smallest absolute Gasteiger partial charge is 0.265 e. The Kier molecular flexibility index (Phi) is 7.19. The van der Waals surface area contributed by atoms with Gasteiger partial charge in [0.25, 0.3) is 11.8 Å². The van der Waals surface area contributed by atoms with Gasteiger partial charge in [-0.15, -0.1) is 11.3 Å². The predicted octanol–water partition coefficient (Wildman–Crippen LogP) is 4.36. The molecule has 32 heavy (non-hydrogen) atoms. The first-order chi connectivity index (χ1) is 15.6. The van der Waals surface area contributed by atoms with Crippen molar-refractivity contribution in [1.29, 1.82) is 0 Å². The Morgan fingerprint density at radius 3 is 2.44 bits per heavy atom. The van der Waals surface area contributed by atoms with Crippen molar-refractivity contribution < 1.29 is 14.3 Å². The van der Waals surface area contributed by atoms with Gasteiger partial charge in [-0.2, -0.15) is 0 Å². The van der Waals surface area contributed by atoms with E-state index in [1.54, 1.807) is 37.4 Å². The molecular weight excluding hydrogens is 422 g/mol. The monoisotopic (exact) mass is 449 g/mol. The Morgan fingerprint density at radius 1 is 0.969 bits per heavy atom. The molecule has 0 spiro atoms. The normalized spacial score (nSPS) is 14.6. The lowest BCUT2D eigenvalue weighted by atomic mass is 10.1. The van der Waals surface area contributed by atoms with E-state index in [1.165, 1.54) is 16.9 Å². The molecule has 0 bridgehead atoms. The molecule has 166 valence electrons. The number of carbonyl (C=O) groups excluding carboxylic acids is 2. The Balaban J connectivity index is 1.31. The van der Waals surface area contributed by atoms with E-state index in [9.17, 15) is 9.59 Å². The van der Waals surface area contributed by atoms with Crippen molar-refractivity contribution in [3.05, 3.63) is 82.0 Å². The largest absolute Gasteiger partial charge is 0.497 e. The Morgan fingerprint density at radius 2 is 1.75 bits per heavy atom. The SMILES string of the molecule is COc1ccc(CN2CCCN(C(=O)c3ccc(NC(=O)c4cccs4)cc3)CC2)cc1. The lowest BCUT2D eigenvalue weighted by molar-refractivity contribution is 0.0761. The van der Waals surface area contributed by atoms with Gasteiger partial charge >= 0.3 is 0 Å². The molecular formula is C25H27N3O3S. The molecule has 0 aliphatic carbocycles. The summed E-state index contributed by atoms with van der Waals surface area (Å²) in [5.41, 5.74) is 2.56. The molecule has 7 heteroatoms. The average Bonchev–Trinajstić information content (AvgIpc) is 3.27. The standard InChI is InChI=1S/C25H27N3O3S/c1-31-22-11-5-19(6-12-22)18-27-13-3-14-28(16-15-27)25(30)20-7-9-21(10-8-20)26-24(29)23-4-2-17-32-23/h2,4-12,17H,3,13-16,18H2,1H3,(H,26,29). The Hall–Kier alpha value is -3.16. The number of benzene rings is 2. The highest BCUT2D eigenvalue weighted by Gasteiger charge is 2.20. The van der Waals surface area contributed by atoms with Crippen molar-refractivity contribution in [2.24, 2.45) is 0 Å². The molecule has 6 nitrogen and oxygen atoms in total. The number of hydrogen-bond acceptors (Lipinski definition) is 5. The third-order valence-corrected chi connectivity index (χ3v) is 6.44. The number of thiophene rings is 1. The van der Waals surface area contributed by atoms with Gasteiger partial charge in [0, 0.05) is 44.0 Å². The Labute approximate surface area is 192 Å². The summed E-state index contributed by atoms with van der Waals surface area (Å²) in [5.74, 6) is 0.759. The second-order valence-electron chi connectivity index (χ2n) is 7.78.